The predicted octanol–water partition coefficient (Wildman–Crippen LogP) is 1.08. The van der Waals surface area contributed by atoms with Gasteiger partial charge in [0.25, 0.3) is 11.5 Å². The monoisotopic (exact) mass is 291 g/mol. The number of aromatic nitrogens is 2. The second-order valence-corrected chi connectivity index (χ2v) is 7.13. The molecule has 1 aromatic rings. The first kappa shape index (κ1) is 12.4. The maximum atomic E-state index is 12.5. The molecule has 5 nitrogen and oxygen atoms in total. The van der Waals surface area contributed by atoms with Gasteiger partial charge in [-0.05, 0) is 36.2 Å². The van der Waals surface area contributed by atoms with Crippen molar-refractivity contribution >= 4 is 17.7 Å². The highest BCUT2D eigenvalue weighted by Crippen LogP contribution is 2.38. The molecule has 4 rings (SSSR count). The highest BCUT2D eigenvalue weighted by Gasteiger charge is 2.39. The summed E-state index contributed by atoms with van der Waals surface area (Å²) in [4.78, 5) is 33.2. The molecule has 0 spiro atoms. The summed E-state index contributed by atoms with van der Waals surface area (Å²) in [6.07, 6.45) is 2.12. The lowest BCUT2D eigenvalue weighted by Gasteiger charge is -2.16. The quantitative estimate of drug-likeness (QED) is 0.885. The maximum Gasteiger partial charge on any atom is 0.272 e. The molecule has 20 heavy (non-hydrogen) atoms. The van der Waals surface area contributed by atoms with Crippen LogP contribution in [0.2, 0.25) is 0 Å². The van der Waals surface area contributed by atoms with E-state index < -0.39 is 0 Å². The van der Waals surface area contributed by atoms with Crippen LogP contribution in [0, 0.1) is 11.8 Å². The number of carbonyl (C=O) groups is 1. The van der Waals surface area contributed by atoms with Gasteiger partial charge in [-0.25, -0.2) is 4.98 Å². The number of nitrogens with one attached hydrogen (secondary N) is 1. The van der Waals surface area contributed by atoms with Gasteiger partial charge in [-0.15, -0.1) is 0 Å². The van der Waals surface area contributed by atoms with Crippen molar-refractivity contribution < 1.29 is 4.79 Å². The van der Waals surface area contributed by atoms with Gasteiger partial charge in [-0.2, -0.15) is 11.8 Å². The van der Waals surface area contributed by atoms with E-state index in [1.54, 1.807) is 0 Å². The standard InChI is InChI=1S/C14H17N3O2S/c18-12-3-11(15-13(16-12)8-1-2-8)14(19)17-4-9-6-20-7-10(9)5-17/h3,8-10H,1-2,4-7H2,(H,15,16,18)/t9-,10+. The van der Waals surface area contributed by atoms with Gasteiger partial charge in [0.05, 0.1) is 0 Å². The van der Waals surface area contributed by atoms with E-state index >= 15 is 0 Å². The van der Waals surface area contributed by atoms with E-state index in [2.05, 4.69) is 9.97 Å². The molecule has 0 radical (unpaired) electrons. The number of hydrogen-bond acceptors (Lipinski definition) is 4. The lowest BCUT2D eigenvalue weighted by Crippen LogP contribution is -2.32. The molecule has 0 bridgehead atoms. The minimum absolute atomic E-state index is 0.0719. The Bertz CT molecular complexity index is 599. The minimum atomic E-state index is -0.208. The average Bonchev–Trinajstić information content (AvgIpc) is 3.06. The van der Waals surface area contributed by atoms with Gasteiger partial charge in [0.2, 0.25) is 0 Å². The van der Waals surface area contributed by atoms with Gasteiger partial charge in [0.15, 0.2) is 0 Å². The first-order valence-electron chi connectivity index (χ1n) is 7.19. The average molecular weight is 291 g/mol. The number of nitrogens with zero attached hydrogens (tertiary/aromatic N) is 2. The van der Waals surface area contributed by atoms with Crippen LogP contribution in [-0.4, -0.2) is 45.4 Å². The highest BCUT2D eigenvalue weighted by molar-refractivity contribution is 7.99. The van der Waals surface area contributed by atoms with Gasteiger partial charge in [-0.1, -0.05) is 0 Å². The number of aromatic amines is 1. The first-order valence-corrected chi connectivity index (χ1v) is 8.34. The molecule has 1 saturated carbocycles. The molecule has 3 fully saturated rings. The highest BCUT2D eigenvalue weighted by atomic mass is 32.2. The summed E-state index contributed by atoms with van der Waals surface area (Å²) in [6.45, 7) is 1.65. The Kier molecular flexibility index (Phi) is 2.87. The summed E-state index contributed by atoms with van der Waals surface area (Å²) < 4.78 is 0. The fourth-order valence-electron chi connectivity index (χ4n) is 3.15. The number of hydrogen-bond donors (Lipinski definition) is 1. The van der Waals surface area contributed by atoms with Crippen LogP contribution in [0.1, 0.15) is 35.1 Å². The molecule has 0 aromatic carbocycles. The van der Waals surface area contributed by atoms with Crippen molar-refractivity contribution in [1.29, 1.82) is 0 Å². The Morgan fingerprint density at radius 2 is 2.00 bits per heavy atom. The smallest absolute Gasteiger partial charge is 0.272 e. The number of fused-ring (bicyclic) bond motifs is 1. The van der Waals surface area contributed by atoms with E-state index in [4.69, 9.17) is 0 Å². The molecule has 3 aliphatic rings. The molecule has 106 valence electrons. The maximum absolute atomic E-state index is 12.5. The molecule has 0 unspecified atom stereocenters. The zero-order valence-corrected chi connectivity index (χ0v) is 12.0. The normalized spacial score (nSPS) is 28.7. The Balaban J connectivity index is 1.57. The Labute approximate surface area is 121 Å². The zero-order valence-electron chi connectivity index (χ0n) is 11.2. The van der Waals surface area contributed by atoms with Gasteiger partial charge < -0.3 is 9.88 Å². The summed E-state index contributed by atoms with van der Waals surface area (Å²) in [5.74, 6) is 4.55. The van der Waals surface area contributed by atoms with Crippen LogP contribution >= 0.6 is 11.8 Å². The van der Waals surface area contributed by atoms with Crippen LogP contribution < -0.4 is 5.56 Å². The van der Waals surface area contributed by atoms with E-state index in [1.165, 1.54) is 6.07 Å². The lowest BCUT2D eigenvalue weighted by molar-refractivity contribution is 0.0778. The topological polar surface area (TPSA) is 66.1 Å². The number of thioether (sulfide) groups is 1. The molecule has 1 N–H and O–H groups in total. The van der Waals surface area contributed by atoms with E-state index in [0.29, 0.717) is 29.3 Å². The molecule has 1 amide bonds. The molecule has 6 heteroatoms. The summed E-state index contributed by atoms with van der Waals surface area (Å²) >= 11 is 1.98. The van der Waals surface area contributed by atoms with Gasteiger partial charge in [0, 0.05) is 25.1 Å². The largest absolute Gasteiger partial charge is 0.337 e. The van der Waals surface area contributed by atoms with E-state index in [-0.39, 0.29) is 11.5 Å². The van der Waals surface area contributed by atoms with E-state index in [0.717, 1.165) is 37.4 Å². The molecular formula is C14H17N3O2S. The number of rotatable bonds is 2. The summed E-state index contributed by atoms with van der Waals surface area (Å²) in [6, 6.07) is 1.34. The fraction of sp³-hybridized carbons (Fsp3) is 0.643. The lowest BCUT2D eigenvalue weighted by atomic mass is 10.0. The van der Waals surface area contributed by atoms with Gasteiger partial charge >= 0.3 is 0 Å². The fourth-order valence-corrected chi connectivity index (χ4v) is 4.65. The molecule has 1 aromatic heterocycles. The van der Waals surface area contributed by atoms with Crippen LogP contribution in [0.4, 0.5) is 0 Å². The second kappa shape index (κ2) is 4.62. The Morgan fingerprint density at radius 3 is 2.65 bits per heavy atom. The third-order valence-corrected chi connectivity index (χ3v) is 5.80. The second-order valence-electron chi connectivity index (χ2n) is 6.06. The minimum Gasteiger partial charge on any atom is -0.337 e. The van der Waals surface area contributed by atoms with Crippen molar-refractivity contribution in [3.05, 3.63) is 27.9 Å². The van der Waals surface area contributed by atoms with Crippen LogP contribution in [0.25, 0.3) is 0 Å². The SMILES string of the molecule is O=C(c1cc(=O)[nH]c(C2CC2)n1)N1C[C@H]2CSC[C@H]2C1. The zero-order chi connectivity index (χ0) is 13.7. The summed E-state index contributed by atoms with van der Waals surface area (Å²) in [7, 11) is 0. The van der Waals surface area contributed by atoms with Crippen LogP contribution in [0.3, 0.4) is 0 Å². The first-order chi connectivity index (χ1) is 9.70. The van der Waals surface area contributed by atoms with Gasteiger partial charge in [-0.3, -0.25) is 9.59 Å². The molecule has 2 aliphatic heterocycles. The Hall–Kier alpha value is -1.30. The van der Waals surface area contributed by atoms with Gasteiger partial charge in [0.1, 0.15) is 11.5 Å². The Morgan fingerprint density at radius 1 is 1.30 bits per heavy atom. The van der Waals surface area contributed by atoms with Crippen LogP contribution in [0.15, 0.2) is 10.9 Å². The molecule has 2 saturated heterocycles. The van der Waals surface area contributed by atoms with Crippen molar-refractivity contribution in [3.63, 3.8) is 0 Å². The number of carbonyl (C=O) groups excluding carboxylic acids is 1. The molecule has 3 heterocycles. The third-order valence-electron chi connectivity index (χ3n) is 4.47. The van der Waals surface area contributed by atoms with E-state index in [1.807, 2.05) is 16.7 Å². The summed E-state index contributed by atoms with van der Waals surface area (Å²) in [5.41, 5.74) is 0.114. The number of amides is 1. The predicted molar refractivity (Wildman–Crippen MR) is 77.0 cm³/mol. The number of likely N-dealkylation sites (tertiary alicyclic amines) is 1. The van der Waals surface area contributed by atoms with Crippen molar-refractivity contribution in [2.24, 2.45) is 11.8 Å². The molecule has 1 aliphatic carbocycles. The third kappa shape index (κ3) is 2.16. The number of H-pyrrole nitrogens is 1. The summed E-state index contributed by atoms with van der Waals surface area (Å²) in [5, 5.41) is 0. The van der Waals surface area contributed by atoms with Crippen molar-refractivity contribution in [1.82, 2.24) is 14.9 Å². The van der Waals surface area contributed by atoms with Crippen LogP contribution in [0.5, 0.6) is 0 Å². The van der Waals surface area contributed by atoms with E-state index in [9.17, 15) is 9.59 Å². The molecular weight excluding hydrogens is 274 g/mol. The molecule has 2 atom stereocenters. The van der Waals surface area contributed by atoms with Crippen molar-refractivity contribution in [2.75, 3.05) is 24.6 Å². The van der Waals surface area contributed by atoms with Crippen LogP contribution in [-0.2, 0) is 0 Å². The van der Waals surface area contributed by atoms with Crippen molar-refractivity contribution in [3.8, 4) is 0 Å². The van der Waals surface area contributed by atoms with Crippen molar-refractivity contribution in [2.45, 2.75) is 18.8 Å².